The van der Waals surface area contributed by atoms with Gasteiger partial charge < -0.3 is 0 Å². The molecule has 0 aliphatic carbocycles. The van der Waals surface area contributed by atoms with Gasteiger partial charge in [-0.05, 0) is 26.8 Å². The Morgan fingerprint density at radius 2 is 2.11 bits per heavy atom. The molecule has 0 unspecified atom stereocenters. The zero-order chi connectivity index (χ0) is 7.49. The topological polar surface area (TPSA) is 12.4 Å². The molecular formula is C7H12ClN. The van der Waals surface area contributed by atoms with E-state index in [1.807, 2.05) is 20.8 Å². The predicted molar refractivity (Wildman–Crippen MR) is 43.2 cm³/mol. The van der Waals surface area contributed by atoms with E-state index in [-0.39, 0.29) is 0 Å². The highest BCUT2D eigenvalue weighted by atomic mass is 35.5. The molecule has 0 amide bonds. The predicted octanol–water partition coefficient (Wildman–Crippen LogP) is 2.61. The average molecular weight is 146 g/mol. The summed E-state index contributed by atoms with van der Waals surface area (Å²) in [4.78, 5) is 3.60. The first-order chi connectivity index (χ1) is 3.95. The van der Waals surface area contributed by atoms with Gasteiger partial charge in [0, 0.05) is 5.71 Å². The molecule has 0 radical (unpaired) electrons. The second-order valence-corrected chi connectivity index (χ2v) is 3.29. The molecule has 0 N–H and O–H groups in total. The van der Waals surface area contributed by atoms with Crippen molar-refractivity contribution in [2.75, 3.05) is 0 Å². The lowest BCUT2D eigenvalue weighted by Crippen LogP contribution is -2.07. The molecule has 0 atom stereocenters. The minimum absolute atomic E-state index is 0.488. The van der Waals surface area contributed by atoms with Crippen LogP contribution in [0.15, 0.2) is 17.6 Å². The Balaban J connectivity index is 4.11. The first kappa shape index (κ1) is 8.70. The van der Waals surface area contributed by atoms with Crippen LogP contribution in [-0.4, -0.2) is 10.7 Å². The number of aliphatic imine (C=N–C) groups is 1. The van der Waals surface area contributed by atoms with E-state index in [1.165, 1.54) is 0 Å². The Morgan fingerprint density at radius 3 is 2.22 bits per heavy atom. The van der Waals surface area contributed by atoms with Gasteiger partial charge in [-0.25, -0.2) is 0 Å². The Kier molecular flexibility index (Phi) is 2.92. The number of rotatable bonds is 2. The molecule has 0 aliphatic heterocycles. The largest absolute Gasteiger partial charge is 0.268 e. The molecule has 0 fully saturated rings. The fourth-order valence-corrected chi connectivity index (χ4v) is 0.598. The molecule has 0 aliphatic rings. The average Bonchev–Trinajstić information content (AvgIpc) is 1.62. The van der Waals surface area contributed by atoms with Gasteiger partial charge in [-0.15, -0.1) is 0 Å². The summed E-state index contributed by atoms with van der Waals surface area (Å²) in [6.45, 7) is 9.10. The summed E-state index contributed by atoms with van der Waals surface area (Å²) in [5.74, 6) is 0. The van der Waals surface area contributed by atoms with E-state index in [4.69, 9.17) is 11.6 Å². The van der Waals surface area contributed by atoms with Crippen LogP contribution in [0.4, 0.5) is 0 Å². The number of nitrogens with zero attached hydrogens (tertiary/aromatic N) is 1. The van der Waals surface area contributed by atoms with Crippen LogP contribution >= 0.6 is 11.6 Å². The zero-order valence-electron chi connectivity index (χ0n) is 6.11. The standard InChI is InChI=1S/C7H12ClN/c1-5-6(2)9-7(3,4)8/h5H,1H2,2-4H3/b9-6-. The summed E-state index contributed by atoms with van der Waals surface area (Å²) in [5, 5.41) is 0. The van der Waals surface area contributed by atoms with E-state index in [1.54, 1.807) is 6.08 Å². The van der Waals surface area contributed by atoms with Gasteiger partial charge in [0.1, 0.15) is 5.00 Å². The number of alkyl halides is 1. The molecule has 0 rings (SSSR count). The molecule has 52 valence electrons. The SMILES string of the molecule is C=C/C(C)=N\C(C)(C)Cl. The van der Waals surface area contributed by atoms with E-state index in [2.05, 4.69) is 11.6 Å². The van der Waals surface area contributed by atoms with Crippen molar-refractivity contribution in [2.24, 2.45) is 4.99 Å². The van der Waals surface area contributed by atoms with E-state index in [0.717, 1.165) is 5.71 Å². The first-order valence-corrected chi connectivity index (χ1v) is 3.21. The van der Waals surface area contributed by atoms with Gasteiger partial charge in [0.15, 0.2) is 0 Å². The van der Waals surface area contributed by atoms with Gasteiger partial charge in [-0.1, -0.05) is 18.2 Å². The number of hydrogen-bond acceptors (Lipinski definition) is 1. The molecule has 1 nitrogen and oxygen atoms in total. The molecule has 0 bridgehead atoms. The van der Waals surface area contributed by atoms with E-state index in [9.17, 15) is 0 Å². The normalized spacial score (nSPS) is 13.6. The van der Waals surface area contributed by atoms with Gasteiger partial charge in [-0.2, -0.15) is 0 Å². The van der Waals surface area contributed by atoms with Crippen LogP contribution in [0, 0.1) is 0 Å². The van der Waals surface area contributed by atoms with Crippen LogP contribution in [0.2, 0.25) is 0 Å². The van der Waals surface area contributed by atoms with Gasteiger partial charge in [0.2, 0.25) is 0 Å². The second kappa shape index (κ2) is 3.02. The van der Waals surface area contributed by atoms with Crippen molar-refractivity contribution in [1.29, 1.82) is 0 Å². The summed E-state index contributed by atoms with van der Waals surface area (Å²) in [6, 6.07) is 0. The highest BCUT2D eigenvalue weighted by Gasteiger charge is 2.08. The van der Waals surface area contributed by atoms with E-state index in [0.29, 0.717) is 0 Å². The highest BCUT2D eigenvalue weighted by molar-refractivity contribution is 6.24. The van der Waals surface area contributed by atoms with Crippen molar-refractivity contribution >= 4 is 17.3 Å². The molecule has 0 saturated carbocycles. The minimum atomic E-state index is -0.488. The molecule has 0 aromatic heterocycles. The van der Waals surface area contributed by atoms with E-state index < -0.39 is 5.00 Å². The number of halogens is 1. The number of hydrogen-bond donors (Lipinski definition) is 0. The molecule has 0 heterocycles. The van der Waals surface area contributed by atoms with Crippen LogP contribution < -0.4 is 0 Å². The first-order valence-electron chi connectivity index (χ1n) is 2.83. The minimum Gasteiger partial charge on any atom is -0.268 e. The number of allylic oxidation sites excluding steroid dienone is 1. The Morgan fingerprint density at radius 1 is 1.67 bits per heavy atom. The summed E-state index contributed by atoms with van der Waals surface area (Å²) < 4.78 is 0. The van der Waals surface area contributed by atoms with Gasteiger partial charge >= 0.3 is 0 Å². The van der Waals surface area contributed by atoms with Crippen molar-refractivity contribution in [1.82, 2.24) is 0 Å². The van der Waals surface area contributed by atoms with Crippen molar-refractivity contribution in [3.63, 3.8) is 0 Å². The van der Waals surface area contributed by atoms with Crippen LogP contribution in [0.25, 0.3) is 0 Å². The summed E-state index contributed by atoms with van der Waals surface area (Å²) in [5.41, 5.74) is 0.870. The Bertz CT molecular complexity index is 130. The van der Waals surface area contributed by atoms with Gasteiger partial charge in [0.05, 0.1) is 0 Å². The summed E-state index contributed by atoms with van der Waals surface area (Å²) >= 11 is 5.77. The van der Waals surface area contributed by atoms with Crippen molar-refractivity contribution in [3.8, 4) is 0 Å². The maximum Gasteiger partial charge on any atom is 0.128 e. The fourth-order valence-electron chi connectivity index (χ4n) is 0.465. The maximum absolute atomic E-state index is 5.77. The molecule has 2 heteroatoms. The summed E-state index contributed by atoms with van der Waals surface area (Å²) in [6.07, 6.45) is 1.68. The maximum atomic E-state index is 5.77. The lowest BCUT2D eigenvalue weighted by atomic mass is 10.3. The lowest BCUT2D eigenvalue weighted by Gasteiger charge is -2.08. The van der Waals surface area contributed by atoms with Crippen LogP contribution in [0.5, 0.6) is 0 Å². The van der Waals surface area contributed by atoms with Crippen LogP contribution in [0.1, 0.15) is 20.8 Å². The lowest BCUT2D eigenvalue weighted by molar-refractivity contribution is 0.746. The van der Waals surface area contributed by atoms with Crippen LogP contribution in [0.3, 0.4) is 0 Å². The highest BCUT2D eigenvalue weighted by Crippen LogP contribution is 2.13. The third-order valence-corrected chi connectivity index (χ3v) is 0.822. The van der Waals surface area contributed by atoms with Crippen molar-refractivity contribution in [2.45, 2.75) is 25.8 Å². The van der Waals surface area contributed by atoms with Crippen LogP contribution in [-0.2, 0) is 0 Å². The second-order valence-electron chi connectivity index (χ2n) is 2.37. The quantitative estimate of drug-likeness (QED) is 0.322. The Labute approximate surface area is 61.4 Å². The molecule has 0 saturated heterocycles. The van der Waals surface area contributed by atoms with Crippen molar-refractivity contribution in [3.05, 3.63) is 12.7 Å². The Hall–Kier alpha value is -0.300. The monoisotopic (exact) mass is 145 g/mol. The molecule has 0 aromatic carbocycles. The van der Waals surface area contributed by atoms with Gasteiger partial charge in [0.25, 0.3) is 0 Å². The third-order valence-electron chi connectivity index (χ3n) is 0.738. The molecule has 9 heavy (non-hydrogen) atoms. The summed E-state index contributed by atoms with van der Waals surface area (Å²) in [7, 11) is 0. The smallest absolute Gasteiger partial charge is 0.128 e. The van der Waals surface area contributed by atoms with Crippen molar-refractivity contribution < 1.29 is 0 Å². The zero-order valence-corrected chi connectivity index (χ0v) is 6.87. The van der Waals surface area contributed by atoms with Gasteiger partial charge in [-0.3, -0.25) is 4.99 Å². The molecule has 0 aromatic rings. The third kappa shape index (κ3) is 5.57. The fraction of sp³-hybridized carbons (Fsp3) is 0.571. The van der Waals surface area contributed by atoms with E-state index >= 15 is 0 Å². The molecule has 0 spiro atoms. The molecular weight excluding hydrogens is 134 g/mol.